The molecule has 0 saturated heterocycles. The van der Waals surface area contributed by atoms with Gasteiger partial charge in [-0.3, -0.25) is 4.79 Å². The van der Waals surface area contributed by atoms with E-state index in [4.69, 9.17) is 4.98 Å². The zero-order valence-electron chi connectivity index (χ0n) is 17.0. The van der Waals surface area contributed by atoms with E-state index in [1.54, 1.807) is 23.1 Å². The van der Waals surface area contributed by atoms with Crippen LogP contribution in [0.15, 0.2) is 48.5 Å². The van der Waals surface area contributed by atoms with E-state index < -0.39 is 0 Å². The molecule has 1 amide bonds. The fraction of sp³-hybridized carbons (Fsp3) is 0.333. The number of amides is 1. The number of aryl methyl sites for hydroxylation is 2. The van der Waals surface area contributed by atoms with Gasteiger partial charge in [-0.1, -0.05) is 55.5 Å². The second kappa shape index (κ2) is 9.14. The summed E-state index contributed by atoms with van der Waals surface area (Å²) in [7, 11) is 0. The minimum absolute atomic E-state index is 0.238. The number of thiazole rings is 1. The van der Waals surface area contributed by atoms with Gasteiger partial charge >= 0.3 is 0 Å². The summed E-state index contributed by atoms with van der Waals surface area (Å²) in [6.45, 7) is 5.81. The average molecular weight is 423 g/mol. The van der Waals surface area contributed by atoms with E-state index in [1.807, 2.05) is 4.90 Å². The highest BCUT2D eigenvalue weighted by atomic mass is 32.2. The van der Waals surface area contributed by atoms with Crippen LogP contribution in [0.4, 0.5) is 0 Å². The van der Waals surface area contributed by atoms with Crippen molar-refractivity contribution in [1.29, 1.82) is 0 Å². The van der Waals surface area contributed by atoms with Gasteiger partial charge in [-0.2, -0.15) is 0 Å². The minimum atomic E-state index is 0.238. The Hall–Kier alpha value is -2.11. The van der Waals surface area contributed by atoms with Crippen LogP contribution < -0.4 is 0 Å². The van der Waals surface area contributed by atoms with Gasteiger partial charge < -0.3 is 4.90 Å². The van der Waals surface area contributed by atoms with Crippen molar-refractivity contribution in [1.82, 2.24) is 9.88 Å². The van der Waals surface area contributed by atoms with Crippen LogP contribution >= 0.6 is 23.1 Å². The van der Waals surface area contributed by atoms with Crippen LogP contribution in [0.3, 0.4) is 0 Å². The van der Waals surface area contributed by atoms with Crippen LogP contribution in [0, 0.1) is 6.92 Å². The lowest BCUT2D eigenvalue weighted by molar-refractivity contribution is -0.129. The molecule has 0 unspecified atom stereocenters. The van der Waals surface area contributed by atoms with Crippen molar-refractivity contribution in [3.8, 4) is 10.6 Å². The second-order valence-corrected chi connectivity index (χ2v) is 9.47. The molecule has 1 aliphatic rings. The van der Waals surface area contributed by atoms with Gasteiger partial charge in [0.05, 0.1) is 11.4 Å². The molecule has 0 N–H and O–H groups in total. The molecule has 0 atom stereocenters. The zero-order valence-corrected chi connectivity index (χ0v) is 18.6. The first kappa shape index (κ1) is 20.2. The summed E-state index contributed by atoms with van der Waals surface area (Å²) in [5.41, 5.74) is 6.26. The van der Waals surface area contributed by atoms with Gasteiger partial charge in [0, 0.05) is 29.3 Å². The fourth-order valence-corrected chi connectivity index (χ4v) is 5.80. The van der Waals surface area contributed by atoms with Gasteiger partial charge in [0.25, 0.3) is 0 Å². The van der Waals surface area contributed by atoms with Crippen molar-refractivity contribution in [3.63, 3.8) is 0 Å². The molecule has 3 aromatic rings. The maximum Gasteiger partial charge on any atom is 0.232 e. The van der Waals surface area contributed by atoms with Crippen LogP contribution in [0.25, 0.3) is 10.6 Å². The first-order valence-electron chi connectivity index (χ1n) is 10.1. The summed E-state index contributed by atoms with van der Waals surface area (Å²) in [4.78, 5) is 20.7. The zero-order chi connectivity index (χ0) is 20.2. The van der Waals surface area contributed by atoms with E-state index in [0.29, 0.717) is 5.75 Å². The van der Waals surface area contributed by atoms with E-state index in [1.165, 1.54) is 27.1 Å². The number of hydrogen-bond donors (Lipinski definition) is 0. The Morgan fingerprint density at radius 3 is 2.66 bits per heavy atom. The van der Waals surface area contributed by atoms with Crippen LogP contribution in [0.1, 0.15) is 34.2 Å². The van der Waals surface area contributed by atoms with Crippen LogP contribution in [0.2, 0.25) is 0 Å². The molecule has 0 spiro atoms. The van der Waals surface area contributed by atoms with Gasteiger partial charge in [0.2, 0.25) is 5.91 Å². The highest BCUT2D eigenvalue weighted by molar-refractivity contribution is 7.99. The lowest BCUT2D eigenvalue weighted by Crippen LogP contribution is -2.37. The number of nitrogens with zero attached hydrogens (tertiary/aromatic N) is 2. The molecule has 1 aromatic heterocycles. The van der Waals surface area contributed by atoms with E-state index in [2.05, 4.69) is 62.4 Å². The number of hydrogen-bond acceptors (Lipinski definition) is 4. The van der Waals surface area contributed by atoms with Gasteiger partial charge in [-0.15, -0.1) is 23.1 Å². The van der Waals surface area contributed by atoms with Crippen molar-refractivity contribution >= 4 is 29.0 Å². The smallest absolute Gasteiger partial charge is 0.232 e. The largest absolute Gasteiger partial charge is 0.337 e. The molecule has 0 bridgehead atoms. The molecular formula is C24H26N2OS2. The van der Waals surface area contributed by atoms with E-state index >= 15 is 0 Å². The molecular weight excluding hydrogens is 396 g/mol. The van der Waals surface area contributed by atoms with E-state index in [-0.39, 0.29) is 5.91 Å². The van der Waals surface area contributed by atoms with Crippen molar-refractivity contribution in [2.45, 2.75) is 39.0 Å². The molecule has 29 heavy (non-hydrogen) atoms. The molecule has 0 radical (unpaired) electrons. The predicted molar refractivity (Wildman–Crippen MR) is 123 cm³/mol. The second-order valence-electron chi connectivity index (χ2n) is 7.40. The predicted octanol–water partition coefficient (Wildman–Crippen LogP) is 5.50. The summed E-state index contributed by atoms with van der Waals surface area (Å²) in [6, 6.07) is 17.1. The van der Waals surface area contributed by atoms with Crippen molar-refractivity contribution in [2.75, 3.05) is 12.3 Å². The SMILES string of the molecule is CCc1ccc(-c2nc(C)c(CSCC(=O)N3CCc4ccccc4C3)s2)cc1. The lowest BCUT2D eigenvalue weighted by Gasteiger charge is -2.28. The van der Waals surface area contributed by atoms with E-state index in [0.717, 1.165) is 42.4 Å². The number of benzene rings is 2. The van der Waals surface area contributed by atoms with E-state index in [9.17, 15) is 4.79 Å². The molecule has 150 valence electrons. The fourth-order valence-electron chi connectivity index (χ4n) is 3.60. The molecule has 3 nitrogen and oxygen atoms in total. The van der Waals surface area contributed by atoms with Gasteiger partial charge in [0.1, 0.15) is 5.01 Å². The Morgan fingerprint density at radius 2 is 1.90 bits per heavy atom. The summed E-state index contributed by atoms with van der Waals surface area (Å²) in [6.07, 6.45) is 2.01. The molecule has 2 heterocycles. The standard InChI is InChI=1S/C24H26N2OS2/c1-3-18-8-10-20(11-9-18)24-25-17(2)22(29-24)15-28-16-23(27)26-13-12-19-6-4-5-7-21(19)14-26/h4-11H,3,12-16H2,1-2H3. The highest BCUT2D eigenvalue weighted by Gasteiger charge is 2.20. The minimum Gasteiger partial charge on any atom is -0.337 e. The Morgan fingerprint density at radius 1 is 1.14 bits per heavy atom. The average Bonchev–Trinajstić information content (AvgIpc) is 3.14. The van der Waals surface area contributed by atoms with Crippen LogP contribution in [0.5, 0.6) is 0 Å². The Labute approximate surface area is 181 Å². The number of rotatable bonds is 6. The number of aromatic nitrogens is 1. The number of carbonyl (C=O) groups excluding carboxylic acids is 1. The maximum absolute atomic E-state index is 12.7. The third kappa shape index (κ3) is 4.73. The summed E-state index contributed by atoms with van der Waals surface area (Å²) < 4.78 is 0. The topological polar surface area (TPSA) is 33.2 Å². The third-order valence-electron chi connectivity index (χ3n) is 5.44. The van der Waals surface area contributed by atoms with Gasteiger partial charge in [-0.25, -0.2) is 4.98 Å². The van der Waals surface area contributed by atoms with Crippen LogP contribution in [-0.2, 0) is 29.9 Å². The molecule has 0 saturated carbocycles. The molecule has 2 aromatic carbocycles. The van der Waals surface area contributed by atoms with Crippen LogP contribution in [-0.4, -0.2) is 28.1 Å². The molecule has 4 rings (SSSR count). The molecule has 1 aliphatic heterocycles. The van der Waals surface area contributed by atoms with Crippen molar-refractivity contribution in [3.05, 3.63) is 75.8 Å². The highest BCUT2D eigenvalue weighted by Crippen LogP contribution is 2.31. The summed E-state index contributed by atoms with van der Waals surface area (Å²) >= 11 is 3.44. The quantitative estimate of drug-likeness (QED) is 0.526. The monoisotopic (exact) mass is 422 g/mol. The van der Waals surface area contributed by atoms with Gasteiger partial charge in [0.15, 0.2) is 0 Å². The number of carbonyl (C=O) groups is 1. The summed E-state index contributed by atoms with van der Waals surface area (Å²) in [5.74, 6) is 1.61. The van der Waals surface area contributed by atoms with Crippen molar-refractivity contribution in [2.24, 2.45) is 0 Å². The molecule has 0 aliphatic carbocycles. The third-order valence-corrected chi connectivity index (χ3v) is 7.78. The van der Waals surface area contributed by atoms with Crippen molar-refractivity contribution < 1.29 is 4.79 Å². The normalized spacial score (nSPS) is 13.4. The molecule has 5 heteroatoms. The Balaban J connectivity index is 1.32. The molecule has 0 fully saturated rings. The number of thioether (sulfide) groups is 1. The number of fused-ring (bicyclic) bond motifs is 1. The summed E-state index contributed by atoms with van der Waals surface area (Å²) in [5, 5.41) is 1.07. The first-order valence-corrected chi connectivity index (χ1v) is 12.1. The Bertz CT molecular complexity index is 994. The Kier molecular flexibility index (Phi) is 6.36. The van der Waals surface area contributed by atoms with Gasteiger partial charge in [-0.05, 0) is 36.5 Å². The first-order chi connectivity index (χ1) is 14.1. The maximum atomic E-state index is 12.7. The lowest BCUT2D eigenvalue weighted by atomic mass is 10.00.